The number of fused-ring (bicyclic) bond motifs is 1. The smallest absolute Gasteiger partial charge is 0.229 e. The number of likely N-dealkylation sites (tertiary alicyclic amines) is 1. The fraction of sp³-hybridized carbons (Fsp3) is 0.318. The van der Waals surface area contributed by atoms with Gasteiger partial charge in [-0.05, 0) is 43.0 Å². The molecular weight excluding hydrogens is 352 g/mol. The first-order chi connectivity index (χ1) is 13.7. The predicted octanol–water partition coefficient (Wildman–Crippen LogP) is 3.37. The summed E-state index contributed by atoms with van der Waals surface area (Å²) in [4.78, 5) is 34.4. The van der Waals surface area contributed by atoms with Crippen molar-refractivity contribution in [3.05, 3.63) is 60.6 Å². The molecule has 28 heavy (non-hydrogen) atoms. The van der Waals surface area contributed by atoms with E-state index >= 15 is 0 Å². The molecule has 0 radical (unpaired) electrons. The molecule has 1 aliphatic rings. The maximum atomic E-state index is 12.7. The summed E-state index contributed by atoms with van der Waals surface area (Å²) in [5.41, 5.74) is 2.94. The Labute approximate surface area is 164 Å². The number of aryl methyl sites for hydroxylation is 1. The zero-order valence-corrected chi connectivity index (χ0v) is 15.7. The summed E-state index contributed by atoms with van der Waals surface area (Å²) in [5, 5.41) is 4.07. The number of rotatable bonds is 5. The first-order valence-electron chi connectivity index (χ1n) is 9.74. The summed E-state index contributed by atoms with van der Waals surface area (Å²) in [6.45, 7) is 1.21. The lowest BCUT2D eigenvalue weighted by Crippen LogP contribution is -2.43. The Kier molecular flexibility index (Phi) is 5.37. The van der Waals surface area contributed by atoms with Gasteiger partial charge in [0.25, 0.3) is 0 Å². The van der Waals surface area contributed by atoms with Gasteiger partial charge in [-0.2, -0.15) is 0 Å². The van der Waals surface area contributed by atoms with Crippen LogP contribution in [0.2, 0.25) is 0 Å². The third kappa shape index (κ3) is 4.06. The molecular formula is C22H24N4O2. The highest BCUT2D eigenvalue weighted by Crippen LogP contribution is 2.22. The molecule has 0 unspecified atom stereocenters. The molecule has 1 aliphatic heterocycles. The monoisotopic (exact) mass is 376 g/mol. The third-order valence-electron chi connectivity index (χ3n) is 5.36. The Morgan fingerprint density at radius 2 is 2.11 bits per heavy atom. The van der Waals surface area contributed by atoms with Crippen molar-refractivity contribution >= 4 is 28.4 Å². The molecule has 0 bridgehead atoms. The van der Waals surface area contributed by atoms with E-state index < -0.39 is 0 Å². The Balaban J connectivity index is 1.33. The highest BCUT2D eigenvalue weighted by Gasteiger charge is 2.28. The summed E-state index contributed by atoms with van der Waals surface area (Å²) in [6.07, 6.45) is 8.10. The van der Waals surface area contributed by atoms with Crippen molar-refractivity contribution in [2.75, 3.05) is 18.4 Å². The SMILES string of the molecule is O=C(Nc1cccnc1)[C@H]1CCCN(C(=O)CCc2c[nH]c3ccccc23)C1. The Bertz CT molecular complexity index is 967. The van der Waals surface area contributed by atoms with Crippen LogP contribution < -0.4 is 5.32 Å². The predicted molar refractivity (Wildman–Crippen MR) is 109 cm³/mol. The molecule has 0 spiro atoms. The number of nitrogens with one attached hydrogen (secondary N) is 2. The van der Waals surface area contributed by atoms with Gasteiger partial charge in [0.15, 0.2) is 0 Å². The molecule has 3 aromatic rings. The van der Waals surface area contributed by atoms with E-state index in [1.165, 1.54) is 5.39 Å². The number of piperidine rings is 1. The number of benzene rings is 1. The fourth-order valence-corrected chi connectivity index (χ4v) is 3.84. The van der Waals surface area contributed by atoms with Gasteiger partial charge in [0.2, 0.25) is 11.8 Å². The Morgan fingerprint density at radius 3 is 2.96 bits per heavy atom. The van der Waals surface area contributed by atoms with Crippen LogP contribution in [0, 0.1) is 5.92 Å². The van der Waals surface area contributed by atoms with Crippen molar-refractivity contribution in [2.45, 2.75) is 25.7 Å². The Morgan fingerprint density at radius 1 is 1.21 bits per heavy atom. The molecule has 2 amide bonds. The van der Waals surface area contributed by atoms with Gasteiger partial charge >= 0.3 is 0 Å². The molecule has 6 nitrogen and oxygen atoms in total. The maximum absolute atomic E-state index is 12.7. The van der Waals surface area contributed by atoms with Gasteiger partial charge in [-0.15, -0.1) is 0 Å². The molecule has 1 atom stereocenters. The minimum atomic E-state index is -0.175. The van der Waals surface area contributed by atoms with E-state index in [2.05, 4.69) is 21.4 Å². The number of hydrogen-bond donors (Lipinski definition) is 2. The third-order valence-corrected chi connectivity index (χ3v) is 5.36. The second-order valence-electron chi connectivity index (χ2n) is 7.27. The lowest BCUT2D eigenvalue weighted by molar-refractivity contribution is -0.134. The van der Waals surface area contributed by atoms with E-state index in [-0.39, 0.29) is 17.7 Å². The van der Waals surface area contributed by atoms with Gasteiger partial charge in [-0.1, -0.05) is 18.2 Å². The number of para-hydroxylation sites is 1. The minimum absolute atomic E-state index is 0.0397. The number of carbonyl (C=O) groups is 2. The highest BCUT2D eigenvalue weighted by molar-refractivity contribution is 5.93. The van der Waals surface area contributed by atoms with Crippen LogP contribution in [0.1, 0.15) is 24.8 Å². The van der Waals surface area contributed by atoms with Crippen molar-refractivity contribution in [3.63, 3.8) is 0 Å². The molecule has 0 aliphatic carbocycles. The summed E-state index contributed by atoms with van der Waals surface area (Å²) < 4.78 is 0. The van der Waals surface area contributed by atoms with E-state index in [0.29, 0.717) is 25.1 Å². The van der Waals surface area contributed by atoms with Crippen molar-refractivity contribution in [1.82, 2.24) is 14.9 Å². The molecule has 3 heterocycles. The summed E-state index contributed by atoms with van der Waals surface area (Å²) in [7, 11) is 0. The summed E-state index contributed by atoms with van der Waals surface area (Å²) in [6, 6.07) is 11.7. The van der Waals surface area contributed by atoms with Crippen molar-refractivity contribution in [2.24, 2.45) is 5.92 Å². The number of anilines is 1. The van der Waals surface area contributed by atoms with Crippen LogP contribution >= 0.6 is 0 Å². The molecule has 0 saturated carbocycles. The highest BCUT2D eigenvalue weighted by atomic mass is 16.2. The van der Waals surface area contributed by atoms with Gasteiger partial charge in [0.1, 0.15) is 0 Å². The number of H-pyrrole nitrogens is 1. The van der Waals surface area contributed by atoms with Crippen LogP contribution in [0.15, 0.2) is 55.0 Å². The van der Waals surface area contributed by atoms with Gasteiger partial charge < -0.3 is 15.2 Å². The number of pyridine rings is 1. The molecule has 1 aromatic carbocycles. The van der Waals surface area contributed by atoms with Crippen molar-refractivity contribution < 1.29 is 9.59 Å². The number of aromatic amines is 1. The van der Waals surface area contributed by atoms with Crippen LogP contribution in [0.5, 0.6) is 0 Å². The van der Waals surface area contributed by atoms with Gasteiger partial charge in [0.05, 0.1) is 17.8 Å². The number of amides is 2. The molecule has 1 saturated heterocycles. The van der Waals surface area contributed by atoms with Crippen LogP contribution in [-0.2, 0) is 16.0 Å². The van der Waals surface area contributed by atoms with Crippen LogP contribution in [0.25, 0.3) is 10.9 Å². The number of carbonyl (C=O) groups excluding carboxylic acids is 2. The molecule has 2 N–H and O–H groups in total. The van der Waals surface area contributed by atoms with Gasteiger partial charge in [0, 0.05) is 42.8 Å². The van der Waals surface area contributed by atoms with Gasteiger partial charge in [-0.3, -0.25) is 14.6 Å². The first kappa shape index (κ1) is 18.2. The Hall–Kier alpha value is -3.15. The summed E-state index contributed by atoms with van der Waals surface area (Å²) in [5.74, 6) is -0.0997. The maximum Gasteiger partial charge on any atom is 0.229 e. The summed E-state index contributed by atoms with van der Waals surface area (Å²) >= 11 is 0. The first-order valence-corrected chi connectivity index (χ1v) is 9.74. The molecule has 144 valence electrons. The number of aromatic nitrogens is 2. The van der Waals surface area contributed by atoms with E-state index in [1.807, 2.05) is 35.4 Å². The van der Waals surface area contributed by atoms with Crippen LogP contribution in [-0.4, -0.2) is 39.8 Å². The van der Waals surface area contributed by atoms with E-state index in [0.717, 1.165) is 30.5 Å². The lowest BCUT2D eigenvalue weighted by Gasteiger charge is -2.32. The topological polar surface area (TPSA) is 78.1 Å². The molecule has 1 fully saturated rings. The average molecular weight is 376 g/mol. The fourth-order valence-electron chi connectivity index (χ4n) is 3.84. The minimum Gasteiger partial charge on any atom is -0.361 e. The lowest BCUT2D eigenvalue weighted by atomic mass is 9.96. The zero-order chi connectivity index (χ0) is 19.3. The molecule has 4 rings (SSSR count). The van der Waals surface area contributed by atoms with E-state index in [4.69, 9.17) is 0 Å². The quantitative estimate of drug-likeness (QED) is 0.717. The molecule has 6 heteroatoms. The average Bonchev–Trinajstić information content (AvgIpc) is 3.16. The molecule has 2 aromatic heterocycles. The standard InChI is InChI=1S/C22H24N4O2/c27-21(10-9-16-13-24-20-8-2-1-7-19(16)20)26-12-4-5-17(15-26)22(28)25-18-6-3-11-23-14-18/h1-3,6-8,11,13-14,17,24H,4-5,9-10,12,15H2,(H,25,28)/t17-/m0/s1. The van der Waals surface area contributed by atoms with Crippen molar-refractivity contribution in [1.29, 1.82) is 0 Å². The van der Waals surface area contributed by atoms with Crippen LogP contribution in [0.3, 0.4) is 0 Å². The van der Waals surface area contributed by atoms with Crippen LogP contribution in [0.4, 0.5) is 5.69 Å². The number of nitrogens with zero attached hydrogens (tertiary/aromatic N) is 2. The van der Waals surface area contributed by atoms with E-state index in [1.54, 1.807) is 18.5 Å². The second-order valence-corrected chi connectivity index (χ2v) is 7.27. The van der Waals surface area contributed by atoms with Gasteiger partial charge in [-0.25, -0.2) is 0 Å². The van der Waals surface area contributed by atoms with E-state index in [9.17, 15) is 9.59 Å². The normalized spacial score (nSPS) is 16.9. The second kappa shape index (κ2) is 8.25. The van der Waals surface area contributed by atoms with Crippen molar-refractivity contribution in [3.8, 4) is 0 Å². The number of hydrogen-bond acceptors (Lipinski definition) is 3. The largest absolute Gasteiger partial charge is 0.361 e. The zero-order valence-electron chi connectivity index (χ0n) is 15.7.